The number of Topliss-reactive ketones (excluding diaryl/α,β-unsaturated/α-hetero) is 1. The molecule has 1 aromatic carbocycles. The Kier molecular flexibility index (Phi) is 11.4. The fourth-order valence-electron chi connectivity index (χ4n) is 4.30. The van der Waals surface area contributed by atoms with E-state index in [0.29, 0.717) is 12.1 Å². The summed E-state index contributed by atoms with van der Waals surface area (Å²) in [6.45, 7) is 10.6. The molecule has 3 rings (SSSR count). The largest absolute Gasteiger partial charge is 0.452 e. The molecule has 40 heavy (non-hydrogen) atoms. The average molecular weight is 566 g/mol. The van der Waals surface area contributed by atoms with Gasteiger partial charge in [0, 0.05) is 6.54 Å². The molecule has 1 saturated heterocycles. The van der Waals surface area contributed by atoms with E-state index in [1.165, 1.54) is 17.5 Å². The third-order valence-corrected chi connectivity index (χ3v) is 6.34. The Morgan fingerprint density at radius 1 is 1.05 bits per heavy atom. The Morgan fingerprint density at radius 2 is 1.65 bits per heavy atom. The lowest BCUT2D eigenvalue weighted by Crippen LogP contribution is -2.56. The third-order valence-electron chi connectivity index (χ3n) is 6.34. The van der Waals surface area contributed by atoms with Crippen LogP contribution in [0, 0.1) is 12.8 Å². The van der Waals surface area contributed by atoms with Gasteiger partial charge in [-0.2, -0.15) is 18.3 Å². The minimum Gasteiger partial charge on any atom is -0.344 e. The minimum absolute atomic E-state index is 0.197. The summed E-state index contributed by atoms with van der Waals surface area (Å²) in [5.74, 6) is -4.31. The van der Waals surface area contributed by atoms with Crippen LogP contribution < -0.4 is 10.6 Å². The summed E-state index contributed by atoms with van der Waals surface area (Å²) in [6, 6.07) is 5.39. The van der Waals surface area contributed by atoms with Gasteiger partial charge in [0.2, 0.25) is 11.8 Å². The van der Waals surface area contributed by atoms with Gasteiger partial charge in [0.15, 0.2) is 0 Å². The Bertz CT molecular complexity index is 1180. The van der Waals surface area contributed by atoms with Crippen molar-refractivity contribution < 1.29 is 32.3 Å². The molecular weight excluding hydrogens is 527 g/mol. The van der Waals surface area contributed by atoms with Gasteiger partial charge < -0.3 is 15.5 Å². The first kappa shape index (κ1) is 32.5. The van der Waals surface area contributed by atoms with Gasteiger partial charge in [-0.25, -0.2) is 4.68 Å². The van der Waals surface area contributed by atoms with Gasteiger partial charge in [0.25, 0.3) is 11.7 Å². The molecule has 0 radical (unpaired) electrons. The number of amides is 3. The SMILES string of the molecule is CCC.Cc1c(C(=O)NC(C(=O)N2CCC[C@H]2C(=O)NC(C)C(=O)C(F)(F)F)C(C)C)cnn1-c1ccccc1. The van der Waals surface area contributed by atoms with Gasteiger partial charge in [-0.15, -0.1) is 0 Å². The van der Waals surface area contributed by atoms with Crippen molar-refractivity contribution in [2.75, 3.05) is 6.54 Å². The minimum atomic E-state index is -5.09. The zero-order valence-electron chi connectivity index (χ0n) is 23.7. The summed E-state index contributed by atoms with van der Waals surface area (Å²) in [6.07, 6.45) is -1.75. The molecule has 1 aliphatic heterocycles. The van der Waals surface area contributed by atoms with Crippen LogP contribution in [0.4, 0.5) is 13.2 Å². The second-order valence-corrected chi connectivity index (χ2v) is 10.1. The van der Waals surface area contributed by atoms with Crippen LogP contribution in [0.1, 0.15) is 69.9 Å². The Morgan fingerprint density at radius 3 is 2.20 bits per heavy atom. The highest BCUT2D eigenvalue weighted by Gasteiger charge is 2.44. The molecule has 3 amide bonds. The smallest absolute Gasteiger partial charge is 0.344 e. The molecule has 0 saturated carbocycles. The monoisotopic (exact) mass is 565 g/mol. The lowest BCUT2D eigenvalue weighted by Gasteiger charge is -2.31. The molecule has 0 spiro atoms. The number of likely N-dealkylation sites (tertiary alicyclic amines) is 1. The third kappa shape index (κ3) is 7.92. The zero-order valence-corrected chi connectivity index (χ0v) is 23.7. The normalized spacial score (nSPS) is 16.6. The second-order valence-electron chi connectivity index (χ2n) is 10.1. The number of alkyl halides is 3. The molecule has 1 fully saturated rings. The van der Waals surface area contributed by atoms with E-state index in [0.717, 1.165) is 12.6 Å². The number of aromatic nitrogens is 2. The zero-order chi connectivity index (χ0) is 30.2. The predicted octanol–water partition coefficient (Wildman–Crippen LogP) is 3.98. The fourth-order valence-corrected chi connectivity index (χ4v) is 4.30. The van der Waals surface area contributed by atoms with Crippen molar-refractivity contribution in [2.45, 2.75) is 85.1 Å². The van der Waals surface area contributed by atoms with E-state index in [2.05, 4.69) is 29.6 Å². The van der Waals surface area contributed by atoms with Gasteiger partial charge in [-0.05, 0) is 44.7 Å². The van der Waals surface area contributed by atoms with Crippen LogP contribution in [0.15, 0.2) is 36.5 Å². The standard InChI is InChI=1S/C25H30F3N5O4.C3H8/c1-14(2)20(31-22(35)18-13-29-33(16(18)4)17-9-6-5-7-10-17)24(37)32-12-8-11-19(32)23(36)30-15(3)21(34)25(26,27)28;1-3-2/h5-7,9-10,13-15,19-20H,8,11-12H2,1-4H3,(H,30,36)(H,31,35);3H2,1-2H3/t15?,19-,20?;/m0./s1. The Hall–Kier alpha value is -3.70. The molecule has 220 valence electrons. The maximum atomic E-state index is 13.4. The number of ketones is 1. The van der Waals surface area contributed by atoms with Crippen LogP contribution in [0.2, 0.25) is 0 Å². The first-order valence-corrected chi connectivity index (χ1v) is 13.4. The van der Waals surface area contributed by atoms with Gasteiger partial charge in [-0.1, -0.05) is 52.3 Å². The van der Waals surface area contributed by atoms with Crippen molar-refractivity contribution in [3.8, 4) is 5.69 Å². The van der Waals surface area contributed by atoms with Crippen LogP contribution in [0.5, 0.6) is 0 Å². The number of halogens is 3. The molecular formula is C28H38F3N5O4. The second kappa shape index (κ2) is 14.1. The maximum absolute atomic E-state index is 13.4. The van der Waals surface area contributed by atoms with Crippen LogP contribution in [0.3, 0.4) is 0 Å². The molecule has 12 heteroatoms. The van der Waals surface area contributed by atoms with Gasteiger partial charge in [-0.3, -0.25) is 19.2 Å². The molecule has 9 nitrogen and oxygen atoms in total. The van der Waals surface area contributed by atoms with Crippen molar-refractivity contribution in [1.29, 1.82) is 0 Å². The lowest BCUT2D eigenvalue weighted by molar-refractivity contribution is -0.173. The molecule has 1 aliphatic rings. The molecule has 2 aromatic rings. The summed E-state index contributed by atoms with van der Waals surface area (Å²) in [5, 5.41) is 9.08. The highest BCUT2D eigenvalue weighted by atomic mass is 19.4. The number of benzene rings is 1. The van der Waals surface area contributed by atoms with E-state index in [-0.39, 0.29) is 24.4 Å². The highest BCUT2D eigenvalue weighted by Crippen LogP contribution is 2.23. The summed E-state index contributed by atoms with van der Waals surface area (Å²) in [7, 11) is 0. The predicted molar refractivity (Wildman–Crippen MR) is 144 cm³/mol. The van der Waals surface area contributed by atoms with E-state index in [4.69, 9.17) is 0 Å². The molecule has 3 atom stereocenters. The summed E-state index contributed by atoms with van der Waals surface area (Å²) in [4.78, 5) is 51.9. The van der Waals surface area contributed by atoms with Crippen molar-refractivity contribution in [3.63, 3.8) is 0 Å². The number of nitrogens with zero attached hydrogens (tertiary/aromatic N) is 3. The molecule has 0 bridgehead atoms. The van der Waals surface area contributed by atoms with Gasteiger partial charge in [0.1, 0.15) is 12.1 Å². The summed E-state index contributed by atoms with van der Waals surface area (Å²) in [5.41, 5.74) is 1.61. The van der Waals surface area contributed by atoms with Crippen LogP contribution in [0.25, 0.3) is 5.69 Å². The fraction of sp³-hybridized carbons (Fsp3) is 0.536. The number of hydrogen-bond acceptors (Lipinski definition) is 5. The molecule has 0 aliphatic carbocycles. The number of nitrogens with one attached hydrogen (secondary N) is 2. The van der Waals surface area contributed by atoms with E-state index in [1.54, 1.807) is 25.5 Å². The quantitative estimate of drug-likeness (QED) is 0.503. The number of rotatable bonds is 8. The first-order chi connectivity index (χ1) is 18.7. The van der Waals surface area contributed by atoms with Crippen LogP contribution in [-0.2, 0) is 14.4 Å². The van der Waals surface area contributed by atoms with Crippen molar-refractivity contribution in [2.24, 2.45) is 5.92 Å². The number of carbonyl (C=O) groups is 4. The van der Waals surface area contributed by atoms with E-state index >= 15 is 0 Å². The van der Waals surface area contributed by atoms with E-state index < -0.39 is 47.8 Å². The number of hydrogen-bond donors (Lipinski definition) is 2. The lowest BCUT2D eigenvalue weighted by atomic mass is 10.0. The number of carbonyl (C=O) groups excluding carboxylic acids is 4. The molecule has 2 heterocycles. The topological polar surface area (TPSA) is 113 Å². The summed E-state index contributed by atoms with van der Waals surface area (Å²) < 4.78 is 39.7. The van der Waals surface area contributed by atoms with Crippen LogP contribution >= 0.6 is 0 Å². The van der Waals surface area contributed by atoms with Crippen molar-refractivity contribution in [1.82, 2.24) is 25.3 Å². The highest BCUT2D eigenvalue weighted by molar-refractivity contribution is 6.00. The summed E-state index contributed by atoms with van der Waals surface area (Å²) >= 11 is 0. The van der Waals surface area contributed by atoms with E-state index in [9.17, 15) is 32.3 Å². The van der Waals surface area contributed by atoms with Crippen molar-refractivity contribution in [3.05, 3.63) is 47.8 Å². The molecule has 1 aromatic heterocycles. The average Bonchev–Trinajstić information content (AvgIpc) is 3.53. The molecule has 2 N–H and O–H groups in total. The van der Waals surface area contributed by atoms with E-state index in [1.807, 2.05) is 30.3 Å². The number of para-hydroxylation sites is 1. The van der Waals surface area contributed by atoms with Crippen molar-refractivity contribution >= 4 is 23.5 Å². The Labute approximate surface area is 232 Å². The molecule has 2 unspecified atom stereocenters. The first-order valence-electron chi connectivity index (χ1n) is 13.4. The van der Waals surface area contributed by atoms with Gasteiger partial charge >= 0.3 is 6.18 Å². The van der Waals surface area contributed by atoms with Crippen LogP contribution in [-0.4, -0.2) is 69.0 Å². The Balaban J connectivity index is 0.00000178. The maximum Gasteiger partial charge on any atom is 0.452 e. The van der Waals surface area contributed by atoms with Gasteiger partial charge in [0.05, 0.1) is 29.2 Å².